The smallest absolute Gasteiger partial charge is 0.217 e. The highest BCUT2D eigenvalue weighted by molar-refractivity contribution is 5.73. The van der Waals surface area contributed by atoms with Crippen LogP contribution in [0.5, 0.6) is 0 Å². The molecule has 0 saturated carbocycles. The van der Waals surface area contributed by atoms with Crippen molar-refractivity contribution in [3.63, 3.8) is 0 Å². The standard InChI is InChI=1S/C70H118N2O56/c1-14(82)71-27-38(93)52(23(10-80)110-60(27)107)121-61-28(72-15(2)83)39(94)53(24(11-81)118-61)122-67-51(106)56(125-70-59(45(100)34(89)21(8-78)117-70)128-66-50(105)54(35(90)22(9-79)114-66)123-63-46(101)40(95)29(84)16(3-73)111-63)37(92)26(120-67)12-108-62-49(104)55(124-69-58(44(99)33(88)20(7-77)116-69)127-65-48(103)42(97)31(86)18(5-75)113-65)36(91)25(119-62)13-109-68-57(43(98)32(87)19(6-76)115-68)126-64-47(102)41(96)30(85)17(4-74)112-64/h16-70,73-81,84-107H,3-13H2,1-2H3,(H,71,82)(H,72,83)/t16-,17-,18-,19-,20-,21-,22-,23-,24-,25-,26-,27-,28-,29-,30-,31-,32-,33-,34-,35-,36-,37-,38-,39-,40+,41+,42+,43+,44+,45+,46-,47+,48+,49+,50+,51+,52-,53-,54+,55+,56+,57+,58+,59+,60-,61+,62+,63-,64-,65-,66-,67+,68+,69-,70-/m1/s1. The fourth-order valence-corrected chi connectivity index (χ4v) is 16.5. The maximum absolute atomic E-state index is 13.1. The second-order valence-electron chi connectivity index (χ2n) is 32.3. The van der Waals surface area contributed by atoms with Crippen LogP contribution in [-0.2, 0) is 109 Å². The highest BCUT2D eigenvalue weighted by Gasteiger charge is 2.62. The van der Waals surface area contributed by atoms with Crippen LogP contribution in [0.1, 0.15) is 13.8 Å². The van der Waals surface area contributed by atoms with Gasteiger partial charge >= 0.3 is 0 Å². The van der Waals surface area contributed by atoms with Gasteiger partial charge in [-0.15, -0.1) is 0 Å². The Bertz CT molecular complexity index is 3380. The average Bonchev–Trinajstić information content (AvgIpc) is 0.760. The van der Waals surface area contributed by atoms with E-state index in [2.05, 4.69) is 10.6 Å². The molecule has 744 valence electrons. The molecular weight excluding hydrogens is 1760 g/mol. The zero-order valence-electron chi connectivity index (χ0n) is 67.7. The number of aliphatic hydroxyl groups excluding tert-OH is 33. The molecule has 0 aromatic heterocycles. The Balaban J connectivity index is 0.952. The van der Waals surface area contributed by atoms with Gasteiger partial charge in [0.05, 0.1) is 72.7 Å². The molecule has 11 rings (SSSR count). The second kappa shape index (κ2) is 45.8. The van der Waals surface area contributed by atoms with Crippen molar-refractivity contribution in [3.8, 4) is 0 Å². The van der Waals surface area contributed by atoms with Crippen LogP contribution in [0.3, 0.4) is 0 Å². The number of carbonyl (C=O) groups excluding carboxylic acids is 2. The average molecular weight is 1880 g/mol. The van der Waals surface area contributed by atoms with E-state index >= 15 is 0 Å². The molecule has 0 bridgehead atoms. The van der Waals surface area contributed by atoms with Gasteiger partial charge in [-0.1, -0.05) is 0 Å². The van der Waals surface area contributed by atoms with Crippen molar-refractivity contribution in [1.82, 2.24) is 10.6 Å². The number of amides is 2. The van der Waals surface area contributed by atoms with Crippen LogP contribution in [0.4, 0.5) is 0 Å². The summed E-state index contributed by atoms with van der Waals surface area (Å²) in [5.41, 5.74) is 0. The molecule has 0 aromatic carbocycles. The van der Waals surface area contributed by atoms with Crippen LogP contribution in [-0.4, -0.2) is 591 Å². The van der Waals surface area contributed by atoms with Crippen molar-refractivity contribution in [1.29, 1.82) is 0 Å². The third-order valence-corrected chi connectivity index (χ3v) is 23.8. The highest BCUT2D eigenvalue weighted by atomic mass is 16.8. The van der Waals surface area contributed by atoms with Crippen molar-refractivity contribution < 1.29 is 278 Å². The summed E-state index contributed by atoms with van der Waals surface area (Å²) >= 11 is 0. The predicted molar refractivity (Wildman–Crippen MR) is 386 cm³/mol. The molecule has 35 N–H and O–H groups in total. The summed E-state index contributed by atoms with van der Waals surface area (Å²) in [6, 6.07) is -3.70. The molecule has 55 atom stereocenters. The maximum Gasteiger partial charge on any atom is 0.217 e. The summed E-state index contributed by atoms with van der Waals surface area (Å²) in [7, 11) is 0. The molecule has 11 aliphatic rings. The van der Waals surface area contributed by atoms with Gasteiger partial charge in [0.25, 0.3) is 0 Å². The van der Waals surface area contributed by atoms with Crippen molar-refractivity contribution >= 4 is 11.8 Å². The molecular formula is C70H118N2O56. The van der Waals surface area contributed by atoms with E-state index in [0.717, 1.165) is 13.8 Å². The Morgan fingerprint density at radius 3 is 0.789 bits per heavy atom. The molecule has 0 radical (unpaired) electrons. The number of hydrogen-bond acceptors (Lipinski definition) is 56. The van der Waals surface area contributed by atoms with Crippen LogP contribution < -0.4 is 10.6 Å². The molecule has 11 heterocycles. The number of carbonyl (C=O) groups is 2. The van der Waals surface area contributed by atoms with Crippen LogP contribution in [0.2, 0.25) is 0 Å². The number of rotatable bonds is 33. The summed E-state index contributed by atoms with van der Waals surface area (Å²) in [5.74, 6) is -1.82. The van der Waals surface area contributed by atoms with Crippen molar-refractivity contribution in [3.05, 3.63) is 0 Å². The Hall–Kier alpha value is -3.22. The lowest BCUT2D eigenvalue weighted by molar-refractivity contribution is -0.405. The summed E-state index contributed by atoms with van der Waals surface area (Å²) in [4.78, 5) is 25.3. The van der Waals surface area contributed by atoms with Gasteiger partial charge < -0.3 is 279 Å². The van der Waals surface area contributed by atoms with Gasteiger partial charge in [0.2, 0.25) is 11.8 Å². The summed E-state index contributed by atoms with van der Waals surface area (Å²) < 4.78 is 123. The number of nitrogens with one attached hydrogen (secondary N) is 2. The molecule has 11 aliphatic heterocycles. The number of aliphatic hydroxyl groups is 33. The van der Waals surface area contributed by atoms with E-state index in [4.69, 9.17) is 99.5 Å². The summed E-state index contributed by atoms with van der Waals surface area (Å²) in [5, 5.41) is 372. The molecule has 58 nitrogen and oxygen atoms in total. The quantitative estimate of drug-likeness (QED) is 0.0290. The molecule has 58 heteroatoms. The van der Waals surface area contributed by atoms with E-state index in [1.807, 2.05) is 0 Å². The monoisotopic (exact) mass is 1880 g/mol. The minimum atomic E-state index is -2.68. The zero-order valence-corrected chi connectivity index (χ0v) is 67.7. The molecule has 0 unspecified atom stereocenters. The SMILES string of the molecule is CC(=O)N[C@@H]1[C@@H](O)[C@H](O[C@@H]2O[C@H](CO)[C@@H](O[C@@H]3O[C@H](CO[C@H]4O[C@H](CO[C@H]5O[C@H](CO)[C@@H](O)[C@H](O)[C@@H]5O[C@H]5O[C@H](CO)[C@@H](O)[C@H](O)[C@@H]5O)[C@@H](O)[C@H](O[C@H]5O[C@H](CO)[C@@H](O)[C@H](O)[C@@H]5O[C@H]5O[C@H](CO)[C@@H](O)[C@H](O)[C@@H]5O)[C@@H]4O)[C@@H](O)[C@H](O[C@H]4O[C@H](CO)[C@@H](O)[C@H](O)[C@@H]4O[C@H]4O[C@H](CO)[C@@H](O)[C@H](O[C@H]5O[C@H](CO)[C@@H](O)[C@H](O)[C@H]5O)[C@@H]4O)[C@@H]3O)[C@H](O)[C@H]2NC(C)=O)[C@@H](CO)O[C@H]1O. The van der Waals surface area contributed by atoms with E-state index < -0.39 is 422 Å². The minimum Gasteiger partial charge on any atom is -0.394 e. The van der Waals surface area contributed by atoms with Crippen LogP contribution in [0.25, 0.3) is 0 Å². The molecule has 128 heavy (non-hydrogen) atoms. The summed E-state index contributed by atoms with van der Waals surface area (Å²) in [6.07, 6.45) is -117. The third kappa shape index (κ3) is 22.5. The lowest BCUT2D eigenvalue weighted by Gasteiger charge is -2.51. The van der Waals surface area contributed by atoms with Gasteiger partial charge in [-0.05, 0) is 0 Å². The van der Waals surface area contributed by atoms with Crippen molar-refractivity contribution in [2.75, 3.05) is 72.7 Å². The lowest BCUT2D eigenvalue weighted by atomic mass is 9.94. The Labute approximate surface area is 722 Å². The van der Waals surface area contributed by atoms with E-state index in [9.17, 15) is 178 Å². The molecule has 11 saturated heterocycles. The number of ether oxygens (including phenoxy) is 21. The first-order valence-corrected chi connectivity index (χ1v) is 40.7. The van der Waals surface area contributed by atoms with Gasteiger partial charge in [0, 0.05) is 13.8 Å². The Morgan fingerprint density at radius 1 is 0.203 bits per heavy atom. The first kappa shape index (κ1) is 105. The molecule has 11 fully saturated rings. The molecule has 0 aliphatic carbocycles. The first-order chi connectivity index (χ1) is 60.7. The van der Waals surface area contributed by atoms with Crippen LogP contribution >= 0.6 is 0 Å². The second-order valence-corrected chi connectivity index (χ2v) is 32.3. The normalized spacial score (nSPS) is 51.7. The van der Waals surface area contributed by atoms with Gasteiger partial charge in [0.1, 0.15) is 268 Å². The van der Waals surface area contributed by atoms with E-state index in [0.29, 0.717) is 0 Å². The Kier molecular flexibility index (Phi) is 37.7. The van der Waals surface area contributed by atoms with Crippen molar-refractivity contribution in [2.24, 2.45) is 0 Å². The highest BCUT2D eigenvalue weighted by Crippen LogP contribution is 2.42. The van der Waals surface area contributed by atoms with E-state index in [-0.39, 0.29) is 0 Å². The molecule has 0 spiro atoms. The molecule has 2 amide bonds. The van der Waals surface area contributed by atoms with E-state index in [1.54, 1.807) is 0 Å². The predicted octanol–water partition coefficient (Wildman–Crippen LogP) is -24.7. The number of hydrogen-bond donors (Lipinski definition) is 35. The fourth-order valence-electron chi connectivity index (χ4n) is 16.5. The summed E-state index contributed by atoms with van der Waals surface area (Å²) in [6.45, 7) is -10.9. The van der Waals surface area contributed by atoms with Gasteiger partial charge in [-0.25, -0.2) is 0 Å². The third-order valence-electron chi connectivity index (χ3n) is 23.8. The largest absolute Gasteiger partial charge is 0.394 e. The van der Waals surface area contributed by atoms with Crippen molar-refractivity contribution in [2.45, 2.75) is 351 Å². The zero-order chi connectivity index (χ0) is 94.0. The Morgan fingerprint density at radius 2 is 0.430 bits per heavy atom. The van der Waals surface area contributed by atoms with Gasteiger partial charge in [-0.2, -0.15) is 0 Å². The topological polar surface area (TPSA) is 920 Å². The molecule has 0 aromatic rings. The fraction of sp³-hybridized carbons (Fsp3) is 0.971. The minimum absolute atomic E-state index is 0.822. The lowest BCUT2D eigenvalue weighted by Crippen LogP contribution is -2.70. The van der Waals surface area contributed by atoms with Crippen LogP contribution in [0.15, 0.2) is 0 Å². The maximum atomic E-state index is 13.1. The van der Waals surface area contributed by atoms with Gasteiger partial charge in [0.15, 0.2) is 69.2 Å². The van der Waals surface area contributed by atoms with E-state index in [1.165, 1.54) is 0 Å². The first-order valence-electron chi connectivity index (χ1n) is 40.7. The van der Waals surface area contributed by atoms with Gasteiger partial charge in [-0.3, -0.25) is 9.59 Å². The van der Waals surface area contributed by atoms with Crippen LogP contribution in [0, 0.1) is 0 Å².